The van der Waals surface area contributed by atoms with Crippen LogP contribution < -0.4 is 10.5 Å². The highest BCUT2D eigenvalue weighted by Gasteiger charge is 2.41. The molecule has 0 amide bonds. The Morgan fingerprint density at radius 2 is 1.82 bits per heavy atom. The Morgan fingerprint density at radius 3 is 2.29 bits per heavy atom. The summed E-state index contributed by atoms with van der Waals surface area (Å²) in [5, 5.41) is 0. The molecule has 17 heavy (non-hydrogen) atoms. The quantitative estimate of drug-likeness (QED) is 0.868. The lowest BCUT2D eigenvalue weighted by Gasteiger charge is -2.27. The molecule has 2 heteroatoms. The average Bonchev–Trinajstić information content (AvgIpc) is 2.56. The maximum absolute atomic E-state index is 6.54. The molecule has 1 atom stereocenters. The fourth-order valence-corrected chi connectivity index (χ4v) is 2.89. The zero-order valence-electron chi connectivity index (χ0n) is 11.1. The highest BCUT2D eigenvalue weighted by atomic mass is 16.5. The Kier molecular flexibility index (Phi) is 3.17. The van der Waals surface area contributed by atoms with Crippen LogP contribution in [0.15, 0.2) is 24.3 Å². The second-order valence-electron chi connectivity index (χ2n) is 5.95. The van der Waals surface area contributed by atoms with Crippen molar-refractivity contribution in [1.29, 1.82) is 0 Å². The van der Waals surface area contributed by atoms with Gasteiger partial charge in [0, 0.05) is 5.54 Å². The Morgan fingerprint density at radius 1 is 1.18 bits per heavy atom. The normalized spacial score (nSPS) is 27.1. The van der Waals surface area contributed by atoms with E-state index in [0.29, 0.717) is 12.0 Å². The monoisotopic (exact) mass is 233 g/mol. The maximum Gasteiger partial charge on any atom is 0.119 e. The van der Waals surface area contributed by atoms with Crippen molar-refractivity contribution < 1.29 is 4.74 Å². The van der Waals surface area contributed by atoms with E-state index in [1.165, 1.54) is 12.0 Å². The Balaban J connectivity index is 2.17. The molecule has 0 saturated heterocycles. The van der Waals surface area contributed by atoms with Gasteiger partial charge in [0.05, 0.1) is 6.61 Å². The summed E-state index contributed by atoms with van der Waals surface area (Å²) >= 11 is 0. The molecule has 0 spiro atoms. The molecule has 1 fully saturated rings. The van der Waals surface area contributed by atoms with Crippen molar-refractivity contribution in [1.82, 2.24) is 0 Å². The number of nitrogens with two attached hydrogens (primary N) is 1. The first kappa shape index (κ1) is 12.4. The summed E-state index contributed by atoms with van der Waals surface area (Å²) < 4.78 is 5.46. The molecule has 0 radical (unpaired) electrons. The number of hydrogen-bond acceptors (Lipinski definition) is 2. The molecule has 1 aromatic carbocycles. The van der Waals surface area contributed by atoms with E-state index >= 15 is 0 Å². The van der Waals surface area contributed by atoms with Gasteiger partial charge in [-0.1, -0.05) is 26.0 Å². The summed E-state index contributed by atoms with van der Waals surface area (Å²) in [4.78, 5) is 0. The Labute approximate surface area is 104 Å². The first-order valence-electron chi connectivity index (χ1n) is 6.47. The molecule has 2 nitrogen and oxygen atoms in total. The van der Waals surface area contributed by atoms with Crippen molar-refractivity contribution in [2.75, 3.05) is 6.61 Å². The molecule has 2 N–H and O–H groups in total. The average molecular weight is 233 g/mol. The van der Waals surface area contributed by atoms with Gasteiger partial charge >= 0.3 is 0 Å². The molecule has 0 aliphatic heterocycles. The zero-order chi connectivity index (χ0) is 12.5. The predicted molar refractivity (Wildman–Crippen MR) is 71.1 cm³/mol. The van der Waals surface area contributed by atoms with Gasteiger partial charge in [-0.2, -0.15) is 0 Å². The van der Waals surface area contributed by atoms with Crippen molar-refractivity contribution in [2.45, 2.75) is 45.6 Å². The maximum atomic E-state index is 6.54. The third-order valence-corrected chi connectivity index (χ3v) is 3.78. The number of hydrogen-bond donors (Lipinski definition) is 1. The molecule has 0 bridgehead atoms. The minimum absolute atomic E-state index is 0.145. The van der Waals surface area contributed by atoms with Crippen LogP contribution in [0.1, 0.15) is 45.6 Å². The van der Waals surface area contributed by atoms with Crippen LogP contribution >= 0.6 is 0 Å². The van der Waals surface area contributed by atoms with E-state index in [2.05, 4.69) is 26.0 Å². The second-order valence-corrected chi connectivity index (χ2v) is 5.95. The third kappa shape index (κ3) is 2.63. The van der Waals surface area contributed by atoms with Gasteiger partial charge in [0.25, 0.3) is 0 Å². The van der Waals surface area contributed by atoms with Crippen molar-refractivity contribution in [2.24, 2.45) is 11.1 Å². The van der Waals surface area contributed by atoms with Crippen molar-refractivity contribution in [3.8, 4) is 5.75 Å². The highest BCUT2D eigenvalue weighted by Crippen LogP contribution is 2.47. The molecule has 1 unspecified atom stereocenters. The van der Waals surface area contributed by atoms with Crippen LogP contribution in [0.3, 0.4) is 0 Å². The van der Waals surface area contributed by atoms with E-state index < -0.39 is 0 Å². The van der Waals surface area contributed by atoms with Gasteiger partial charge in [-0.25, -0.2) is 0 Å². The standard InChI is InChI=1S/C15H23NO/c1-4-17-13-7-5-12(6-8-13)15(16)10-9-14(2,3)11-15/h5-8H,4,9-11,16H2,1-3H3. The SMILES string of the molecule is CCOc1ccc(C2(N)CCC(C)(C)C2)cc1. The molecule has 94 valence electrons. The van der Waals surface area contributed by atoms with Crippen LogP contribution in [0.4, 0.5) is 0 Å². The van der Waals surface area contributed by atoms with Gasteiger partial charge in [-0.05, 0) is 49.3 Å². The molecule has 1 aliphatic carbocycles. The van der Waals surface area contributed by atoms with E-state index in [9.17, 15) is 0 Å². The molecular formula is C15H23NO. The van der Waals surface area contributed by atoms with E-state index in [4.69, 9.17) is 10.5 Å². The summed E-state index contributed by atoms with van der Waals surface area (Å²) in [7, 11) is 0. The lowest BCUT2D eigenvalue weighted by molar-refractivity contribution is 0.335. The summed E-state index contributed by atoms with van der Waals surface area (Å²) in [6, 6.07) is 8.29. The summed E-state index contributed by atoms with van der Waals surface area (Å²) in [6.07, 6.45) is 3.35. The molecule has 1 aromatic rings. The highest BCUT2D eigenvalue weighted by molar-refractivity contribution is 5.32. The predicted octanol–water partition coefficient (Wildman–Crippen LogP) is 3.45. The van der Waals surface area contributed by atoms with Crippen LogP contribution in [-0.2, 0) is 5.54 Å². The summed E-state index contributed by atoms with van der Waals surface area (Å²) in [5.74, 6) is 0.928. The van der Waals surface area contributed by atoms with E-state index in [-0.39, 0.29) is 5.54 Å². The fraction of sp³-hybridized carbons (Fsp3) is 0.600. The molecule has 0 aromatic heterocycles. The topological polar surface area (TPSA) is 35.2 Å². The lowest BCUT2D eigenvalue weighted by atomic mass is 9.84. The number of benzene rings is 1. The Hall–Kier alpha value is -1.02. The van der Waals surface area contributed by atoms with E-state index in [1.807, 2.05) is 19.1 Å². The molecule has 1 aliphatic rings. The van der Waals surface area contributed by atoms with Gasteiger partial charge in [0.1, 0.15) is 5.75 Å². The van der Waals surface area contributed by atoms with Gasteiger partial charge < -0.3 is 10.5 Å². The minimum Gasteiger partial charge on any atom is -0.494 e. The molecule has 0 heterocycles. The molecular weight excluding hydrogens is 210 g/mol. The second kappa shape index (κ2) is 4.34. The minimum atomic E-state index is -0.145. The summed E-state index contributed by atoms with van der Waals surface area (Å²) in [5.41, 5.74) is 8.01. The van der Waals surface area contributed by atoms with Crippen molar-refractivity contribution >= 4 is 0 Å². The van der Waals surface area contributed by atoms with Gasteiger partial charge in [0.15, 0.2) is 0 Å². The first-order chi connectivity index (χ1) is 7.95. The van der Waals surface area contributed by atoms with Gasteiger partial charge in [0.2, 0.25) is 0 Å². The van der Waals surface area contributed by atoms with Crippen molar-refractivity contribution in [3.05, 3.63) is 29.8 Å². The molecule has 1 saturated carbocycles. The van der Waals surface area contributed by atoms with Gasteiger partial charge in [-0.3, -0.25) is 0 Å². The van der Waals surface area contributed by atoms with E-state index in [0.717, 1.165) is 18.6 Å². The lowest BCUT2D eigenvalue weighted by Crippen LogP contribution is -2.34. The van der Waals surface area contributed by atoms with Gasteiger partial charge in [-0.15, -0.1) is 0 Å². The third-order valence-electron chi connectivity index (χ3n) is 3.78. The van der Waals surface area contributed by atoms with E-state index in [1.54, 1.807) is 0 Å². The smallest absolute Gasteiger partial charge is 0.119 e. The number of rotatable bonds is 3. The fourth-order valence-electron chi connectivity index (χ4n) is 2.89. The molecule has 2 rings (SSSR count). The van der Waals surface area contributed by atoms with Crippen LogP contribution in [0.25, 0.3) is 0 Å². The first-order valence-corrected chi connectivity index (χ1v) is 6.47. The van der Waals surface area contributed by atoms with Crippen LogP contribution in [0.2, 0.25) is 0 Å². The summed E-state index contributed by atoms with van der Waals surface area (Å²) in [6.45, 7) is 7.31. The zero-order valence-corrected chi connectivity index (χ0v) is 11.1. The van der Waals surface area contributed by atoms with Crippen LogP contribution in [0, 0.1) is 5.41 Å². The Bertz CT molecular complexity index is 382. The van der Waals surface area contributed by atoms with Crippen LogP contribution in [0.5, 0.6) is 5.75 Å². The number of ether oxygens (including phenoxy) is 1. The van der Waals surface area contributed by atoms with Crippen molar-refractivity contribution in [3.63, 3.8) is 0 Å². The van der Waals surface area contributed by atoms with Crippen LogP contribution in [-0.4, -0.2) is 6.61 Å². The largest absolute Gasteiger partial charge is 0.494 e.